The van der Waals surface area contributed by atoms with Crippen LogP contribution in [0, 0.1) is 5.92 Å². The molecule has 0 unspecified atom stereocenters. The lowest BCUT2D eigenvalue weighted by Gasteiger charge is -2.32. The smallest absolute Gasteiger partial charge is 0.0921 e. The fourth-order valence-electron chi connectivity index (χ4n) is 1.96. The van der Waals surface area contributed by atoms with E-state index >= 15 is 0 Å². The number of hydrogen-bond acceptors (Lipinski definition) is 3. The number of aliphatic hydroxyl groups is 1. The molecule has 1 heterocycles. The average Bonchev–Trinajstić information content (AvgIpc) is 2.83. The predicted molar refractivity (Wildman–Crippen MR) is 78.0 cm³/mol. The molecule has 19 heavy (non-hydrogen) atoms. The number of fused-ring (bicyclic) bond motifs is 1. The molecule has 0 saturated carbocycles. The summed E-state index contributed by atoms with van der Waals surface area (Å²) in [6, 6.07) is 5.85. The normalized spacial score (nSPS) is 14.2. The molecule has 1 aromatic carbocycles. The fourth-order valence-corrected chi connectivity index (χ4v) is 1.96. The van der Waals surface area contributed by atoms with E-state index in [4.69, 9.17) is 0 Å². The Balaban J connectivity index is 2.12. The molecule has 0 aliphatic rings. The second-order valence-electron chi connectivity index (χ2n) is 5.95. The Morgan fingerprint density at radius 1 is 1.37 bits per heavy atom. The van der Waals surface area contributed by atoms with Crippen molar-refractivity contribution in [2.45, 2.75) is 39.3 Å². The third-order valence-corrected chi connectivity index (χ3v) is 4.07. The summed E-state index contributed by atoms with van der Waals surface area (Å²) in [5, 5.41) is 21.7. The minimum absolute atomic E-state index is 0.00523. The molecule has 0 radical (unpaired) electrons. The summed E-state index contributed by atoms with van der Waals surface area (Å²) < 4.78 is 0. The van der Waals surface area contributed by atoms with E-state index < -0.39 is 6.10 Å². The summed E-state index contributed by atoms with van der Waals surface area (Å²) in [6.45, 7) is 9.20. The quantitative estimate of drug-likeness (QED) is 0.775. The maximum Gasteiger partial charge on any atom is 0.0921 e. The number of hydrogen-bond donors (Lipinski definition) is 3. The van der Waals surface area contributed by atoms with E-state index in [-0.39, 0.29) is 5.54 Å². The van der Waals surface area contributed by atoms with Crippen molar-refractivity contribution >= 4 is 10.9 Å². The number of β-amino-alcohol motifs (C(OH)–C–C–N with tert-alkyl or cyclic N) is 1. The van der Waals surface area contributed by atoms with E-state index in [1.54, 1.807) is 6.20 Å². The van der Waals surface area contributed by atoms with E-state index in [0.29, 0.717) is 12.5 Å². The van der Waals surface area contributed by atoms with Gasteiger partial charge in [0.15, 0.2) is 0 Å². The molecule has 1 aromatic heterocycles. The second kappa shape index (κ2) is 5.31. The molecule has 1 atom stereocenters. The molecule has 0 bridgehead atoms. The van der Waals surface area contributed by atoms with E-state index in [0.717, 1.165) is 16.5 Å². The van der Waals surface area contributed by atoms with Gasteiger partial charge in [-0.25, -0.2) is 0 Å². The second-order valence-corrected chi connectivity index (χ2v) is 5.95. The van der Waals surface area contributed by atoms with Crippen molar-refractivity contribution in [2.24, 2.45) is 5.92 Å². The van der Waals surface area contributed by atoms with Crippen LogP contribution in [0.5, 0.6) is 0 Å². The molecule has 0 amide bonds. The molecule has 0 saturated heterocycles. The number of benzene rings is 1. The molecule has 0 aliphatic carbocycles. The van der Waals surface area contributed by atoms with E-state index in [2.05, 4.69) is 43.2 Å². The van der Waals surface area contributed by atoms with Crippen LogP contribution in [-0.4, -0.2) is 27.4 Å². The van der Waals surface area contributed by atoms with Crippen molar-refractivity contribution in [1.29, 1.82) is 0 Å². The summed E-state index contributed by atoms with van der Waals surface area (Å²) in [4.78, 5) is 0. The number of aromatic amines is 1. The maximum absolute atomic E-state index is 10.4. The van der Waals surface area contributed by atoms with E-state index in [9.17, 15) is 5.11 Å². The number of nitrogens with one attached hydrogen (secondary N) is 2. The number of aliphatic hydroxyl groups excluding tert-OH is 1. The van der Waals surface area contributed by atoms with Gasteiger partial charge in [0.2, 0.25) is 0 Å². The first-order valence-corrected chi connectivity index (χ1v) is 6.77. The predicted octanol–water partition coefficient (Wildman–Crippen LogP) is 2.62. The number of rotatable bonds is 5. The van der Waals surface area contributed by atoms with Gasteiger partial charge in [0.1, 0.15) is 0 Å². The molecule has 104 valence electrons. The Bertz CT molecular complexity index is 545. The minimum Gasteiger partial charge on any atom is -0.387 e. The zero-order chi connectivity index (χ0) is 14.0. The van der Waals surface area contributed by atoms with Crippen molar-refractivity contribution in [2.75, 3.05) is 6.54 Å². The zero-order valence-corrected chi connectivity index (χ0v) is 12.1. The van der Waals surface area contributed by atoms with Gasteiger partial charge in [-0.2, -0.15) is 5.10 Å². The van der Waals surface area contributed by atoms with Gasteiger partial charge in [0, 0.05) is 17.5 Å². The van der Waals surface area contributed by atoms with Gasteiger partial charge >= 0.3 is 0 Å². The van der Waals surface area contributed by atoms with Gasteiger partial charge < -0.3 is 10.4 Å². The van der Waals surface area contributed by atoms with Gasteiger partial charge in [-0.3, -0.25) is 5.10 Å². The molecule has 3 N–H and O–H groups in total. The highest BCUT2D eigenvalue weighted by Crippen LogP contribution is 2.23. The minimum atomic E-state index is -0.528. The van der Waals surface area contributed by atoms with Crippen molar-refractivity contribution in [3.05, 3.63) is 30.0 Å². The summed E-state index contributed by atoms with van der Waals surface area (Å²) in [5.74, 6) is 0.504. The van der Waals surface area contributed by atoms with Gasteiger partial charge in [0.25, 0.3) is 0 Å². The summed E-state index contributed by atoms with van der Waals surface area (Å²) in [6.07, 6.45) is 1.24. The highest BCUT2D eigenvalue weighted by atomic mass is 16.3. The van der Waals surface area contributed by atoms with Crippen LogP contribution in [0.4, 0.5) is 0 Å². The first kappa shape index (κ1) is 14.0. The first-order chi connectivity index (χ1) is 8.92. The lowest BCUT2D eigenvalue weighted by Crippen LogP contribution is -2.45. The fraction of sp³-hybridized carbons (Fsp3) is 0.533. The van der Waals surface area contributed by atoms with E-state index in [1.165, 1.54) is 0 Å². The van der Waals surface area contributed by atoms with Crippen LogP contribution in [-0.2, 0) is 0 Å². The molecule has 0 spiro atoms. The van der Waals surface area contributed by atoms with Crippen LogP contribution >= 0.6 is 0 Å². The first-order valence-electron chi connectivity index (χ1n) is 6.77. The van der Waals surface area contributed by atoms with Gasteiger partial charge in [-0.05, 0) is 31.4 Å². The maximum atomic E-state index is 10.4. The largest absolute Gasteiger partial charge is 0.387 e. The molecular formula is C15H23N3O. The van der Waals surface area contributed by atoms with Crippen LogP contribution in [0.2, 0.25) is 0 Å². The Morgan fingerprint density at radius 2 is 2.11 bits per heavy atom. The Kier molecular flexibility index (Phi) is 3.92. The van der Waals surface area contributed by atoms with Crippen molar-refractivity contribution in [3.63, 3.8) is 0 Å². The highest BCUT2D eigenvalue weighted by molar-refractivity contribution is 5.81. The van der Waals surface area contributed by atoms with Gasteiger partial charge in [-0.1, -0.05) is 26.0 Å². The van der Waals surface area contributed by atoms with Crippen molar-refractivity contribution in [3.8, 4) is 0 Å². The third-order valence-electron chi connectivity index (χ3n) is 4.07. The summed E-state index contributed by atoms with van der Waals surface area (Å²) in [5.41, 5.74) is 1.88. The van der Waals surface area contributed by atoms with Crippen LogP contribution in [0.25, 0.3) is 10.9 Å². The summed E-state index contributed by atoms with van der Waals surface area (Å²) >= 11 is 0. The molecule has 0 aliphatic heterocycles. The number of nitrogens with zero attached hydrogens (tertiary/aromatic N) is 1. The molecular weight excluding hydrogens is 238 g/mol. The SMILES string of the molecule is CC(C)C(C)(C)NC[C@H](O)c1cccc2[nH]ncc12. The zero-order valence-electron chi connectivity index (χ0n) is 12.1. The lowest BCUT2D eigenvalue weighted by molar-refractivity contribution is 0.152. The standard InChI is InChI=1S/C15H23N3O/c1-10(2)15(3,4)16-9-14(19)11-6-5-7-13-12(11)8-17-18-13/h5-8,10,14,16,19H,9H2,1-4H3,(H,17,18)/t14-/m0/s1. The molecule has 2 rings (SSSR count). The Morgan fingerprint density at radius 3 is 2.79 bits per heavy atom. The number of aromatic nitrogens is 2. The van der Waals surface area contributed by atoms with Crippen molar-refractivity contribution < 1.29 is 5.11 Å². The lowest BCUT2D eigenvalue weighted by atomic mass is 9.90. The van der Waals surface area contributed by atoms with Crippen LogP contribution in [0.15, 0.2) is 24.4 Å². The van der Waals surface area contributed by atoms with E-state index in [1.807, 2.05) is 18.2 Å². The average molecular weight is 261 g/mol. The monoisotopic (exact) mass is 261 g/mol. The third kappa shape index (κ3) is 2.96. The van der Waals surface area contributed by atoms with Crippen LogP contribution in [0.1, 0.15) is 39.4 Å². The summed E-state index contributed by atoms with van der Waals surface area (Å²) in [7, 11) is 0. The van der Waals surface area contributed by atoms with Crippen LogP contribution < -0.4 is 5.32 Å². The van der Waals surface area contributed by atoms with Crippen molar-refractivity contribution in [1.82, 2.24) is 15.5 Å². The Labute approximate surface area is 114 Å². The number of H-pyrrole nitrogens is 1. The molecule has 4 heteroatoms. The highest BCUT2D eigenvalue weighted by Gasteiger charge is 2.23. The Hall–Kier alpha value is -1.39. The molecule has 0 fully saturated rings. The molecule has 2 aromatic rings. The van der Waals surface area contributed by atoms with Gasteiger partial charge in [-0.15, -0.1) is 0 Å². The van der Waals surface area contributed by atoms with Crippen LogP contribution in [0.3, 0.4) is 0 Å². The molecule has 4 nitrogen and oxygen atoms in total. The topological polar surface area (TPSA) is 60.9 Å². The van der Waals surface area contributed by atoms with Gasteiger partial charge in [0.05, 0.1) is 17.8 Å².